The van der Waals surface area contributed by atoms with Crippen LogP contribution in [0, 0.1) is 5.82 Å². The fourth-order valence-corrected chi connectivity index (χ4v) is 3.43. The Morgan fingerprint density at radius 2 is 1.92 bits per heavy atom. The third kappa shape index (κ3) is 3.40. The maximum atomic E-state index is 13.9. The molecule has 0 radical (unpaired) electrons. The minimum absolute atomic E-state index is 0.00891. The van der Waals surface area contributed by atoms with Crippen molar-refractivity contribution in [2.24, 2.45) is 0 Å². The van der Waals surface area contributed by atoms with Crippen LogP contribution in [0.25, 0.3) is 0 Å². The number of nitrogens with one attached hydrogen (secondary N) is 1. The number of rotatable bonds is 4. The van der Waals surface area contributed by atoms with Crippen LogP contribution in [-0.4, -0.2) is 23.0 Å². The van der Waals surface area contributed by atoms with Crippen molar-refractivity contribution in [3.63, 3.8) is 0 Å². The molecule has 26 heavy (non-hydrogen) atoms. The molecule has 0 aliphatic carbocycles. The smallest absolute Gasteiger partial charge is 0.335 e. The number of halogens is 1. The van der Waals surface area contributed by atoms with E-state index >= 15 is 0 Å². The van der Waals surface area contributed by atoms with E-state index in [-0.39, 0.29) is 29.4 Å². The molecular formula is C20H21FN2O3. The maximum Gasteiger partial charge on any atom is 0.335 e. The molecule has 3 rings (SSSR count). The van der Waals surface area contributed by atoms with E-state index in [1.165, 1.54) is 24.3 Å². The summed E-state index contributed by atoms with van der Waals surface area (Å²) < 4.78 is 13.9. The van der Waals surface area contributed by atoms with Gasteiger partial charge in [0.1, 0.15) is 5.82 Å². The molecule has 2 aromatic rings. The summed E-state index contributed by atoms with van der Waals surface area (Å²) in [6, 6.07) is 10.7. The molecule has 0 spiro atoms. The molecular weight excluding hydrogens is 335 g/mol. The number of anilines is 2. The number of amides is 1. The zero-order chi connectivity index (χ0) is 18.8. The van der Waals surface area contributed by atoms with E-state index in [0.717, 1.165) is 16.9 Å². The fraction of sp³-hybridized carbons (Fsp3) is 0.300. The molecule has 136 valence electrons. The van der Waals surface area contributed by atoms with Gasteiger partial charge in [0.15, 0.2) is 0 Å². The predicted octanol–water partition coefficient (Wildman–Crippen LogP) is 4.21. The highest BCUT2D eigenvalue weighted by Crippen LogP contribution is 2.39. The number of hydrogen-bond acceptors (Lipinski definition) is 3. The molecule has 5 nitrogen and oxygen atoms in total. The summed E-state index contributed by atoms with van der Waals surface area (Å²) >= 11 is 0. The van der Waals surface area contributed by atoms with Gasteiger partial charge >= 0.3 is 5.97 Å². The minimum atomic E-state index is -0.982. The number of aromatic carboxylic acids is 1. The molecule has 0 bridgehead atoms. The molecule has 2 atom stereocenters. The van der Waals surface area contributed by atoms with Gasteiger partial charge in [-0.3, -0.25) is 4.79 Å². The lowest BCUT2D eigenvalue weighted by Crippen LogP contribution is -2.44. The monoisotopic (exact) mass is 356 g/mol. The molecule has 0 saturated heterocycles. The third-order valence-corrected chi connectivity index (χ3v) is 4.69. The highest BCUT2D eigenvalue weighted by atomic mass is 19.1. The lowest BCUT2D eigenvalue weighted by Gasteiger charge is -2.40. The van der Waals surface area contributed by atoms with Crippen LogP contribution in [0.15, 0.2) is 42.5 Å². The second-order valence-corrected chi connectivity index (χ2v) is 6.48. The first-order chi connectivity index (χ1) is 12.4. The van der Waals surface area contributed by atoms with Gasteiger partial charge in [-0.15, -0.1) is 0 Å². The Bertz CT molecular complexity index is 835. The van der Waals surface area contributed by atoms with Gasteiger partial charge in [-0.05, 0) is 55.8 Å². The second-order valence-electron chi connectivity index (χ2n) is 6.48. The summed E-state index contributed by atoms with van der Waals surface area (Å²) in [6.07, 6.45) is 1.01. The van der Waals surface area contributed by atoms with Crippen molar-refractivity contribution in [2.75, 3.05) is 10.2 Å². The van der Waals surface area contributed by atoms with Crippen LogP contribution in [0.5, 0.6) is 0 Å². The summed E-state index contributed by atoms with van der Waals surface area (Å²) in [5.41, 5.74) is 2.40. The molecule has 6 heteroatoms. The van der Waals surface area contributed by atoms with E-state index in [9.17, 15) is 14.0 Å². The summed E-state index contributed by atoms with van der Waals surface area (Å²) in [6.45, 7) is 3.79. The van der Waals surface area contributed by atoms with Gasteiger partial charge in [0, 0.05) is 29.4 Å². The quantitative estimate of drug-likeness (QED) is 0.861. The van der Waals surface area contributed by atoms with Gasteiger partial charge in [-0.25, -0.2) is 9.18 Å². The number of benzene rings is 2. The Balaban J connectivity index is 1.94. The SMILES string of the molecule is CCC(=O)N1c2ccc(F)cc2C(Nc2ccc(C(=O)O)cc2)CC1C. The van der Waals surface area contributed by atoms with Gasteiger partial charge in [0.25, 0.3) is 0 Å². The Hall–Kier alpha value is -2.89. The molecule has 2 N–H and O–H groups in total. The normalized spacial score (nSPS) is 19.0. The van der Waals surface area contributed by atoms with Crippen molar-refractivity contribution in [2.45, 2.75) is 38.8 Å². The van der Waals surface area contributed by atoms with Crippen LogP contribution in [-0.2, 0) is 4.79 Å². The Morgan fingerprint density at radius 1 is 1.23 bits per heavy atom. The van der Waals surface area contributed by atoms with E-state index < -0.39 is 5.97 Å². The molecule has 2 aromatic carbocycles. The van der Waals surface area contributed by atoms with Crippen molar-refractivity contribution < 1.29 is 19.1 Å². The molecule has 2 unspecified atom stereocenters. The van der Waals surface area contributed by atoms with Gasteiger partial charge < -0.3 is 15.3 Å². The molecule has 1 aliphatic heterocycles. The van der Waals surface area contributed by atoms with Gasteiger partial charge in [-0.2, -0.15) is 0 Å². The zero-order valence-corrected chi connectivity index (χ0v) is 14.7. The van der Waals surface area contributed by atoms with E-state index in [2.05, 4.69) is 5.32 Å². The first kappa shape index (κ1) is 17.9. The first-order valence-electron chi connectivity index (χ1n) is 8.62. The van der Waals surface area contributed by atoms with Crippen LogP contribution >= 0.6 is 0 Å². The average Bonchev–Trinajstić information content (AvgIpc) is 2.62. The van der Waals surface area contributed by atoms with Crippen LogP contribution in [0.4, 0.5) is 15.8 Å². The summed E-state index contributed by atoms with van der Waals surface area (Å²) in [7, 11) is 0. The molecule has 0 saturated carbocycles. The number of carboxylic acid groups (broad SMARTS) is 1. The summed E-state index contributed by atoms with van der Waals surface area (Å²) in [5.74, 6) is -1.33. The molecule has 0 aromatic heterocycles. The second kappa shape index (κ2) is 7.15. The molecule has 1 heterocycles. The van der Waals surface area contributed by atoms with E-state index in [1.807, 2.05) is 13.8 Å². The van der Waals surface area contributed by atoms with Crippen molar-refractivity contribution in [1.82, 2.24) is 0 Å². The standard InChI is InChI=1S/C20H21FN2O3/c1-3-19(24)23-12(2)10-17(16-11-14(21)6-9-18(16)23)22-15-7-4-13(5-8-15)20(25)26/h4-9,11-12,17,22H,3,10H2,1-2H3,(H,25,26). The fourth-order valence-electron chi connectivity index (χ4n) is 3.43. The van der Waals surface area contributed by atoms with E-state index in [1.54, 1.807) is 23.1 Å². The molecule has 1 amide bonds. The van der Waals surface area contributed by atoms with Crippen LogP contribution in [0.2, 0.25) is 0 Å². The highest BCUT2D eigenvalue weighted by Gasteiger charge is 2.33. The van der Waals surface area contributed by atoms with Crippen molar-refractivity contribution >= 4 is 23.3 Å². The van der Waals surface area contributed by atoms with E-state index in [4.69, 9.17) is 5.11 Å². The Morgan fingerprint density at radius 3 is 2.54 bits per heavy atom. The van der Waals surface area contributed by atoms with Crippen molar-refractivity contribution in [3.05, 3.63) is 59.4 Å². The first-order valence-corrected chi connectivity index (χ1v) is 8.62. The topological polar surface area (TPSA) is 69.6 Å². The van der Waals surface area contributed by atoms with Gasteiger partial charge in [0.05, 0.1) is 11.6 Å². The van der Waals surface area contributed by atoms with Crippen molar-refractivity contribution in [1.29, 1.82) is 0 Å². The lowest BCUT2D eigenvalue weighted by atomic mass is 9.91. The number of fused-ring (bicyclic) bond motifs is 1. The number of carbonyl (C=O) groups excluding carboxylic acids is 1. The van der Waals surface area contributed by atoms with Crippen LogP contribution in [0.1, 0.15) is 48.7 Å². The van der Waals surface area contributed by atoms with E-state index in [0.29, 0.717) is 12.8 Å². The molecule has 0 fully saturated rings. The minimum Gasteiger partial charge on any atom is -0.478 e. The maximum absolute atomic E-state index is 13.9. The number of carboxylic acids is 1. The predicted molar refractivity (Wildman–Crippen MR) is 98.0 cm³/mol. The number of carbonyl (C=O) groups is 2. The largest absolute Gasteiger partial charge is 0.478 e. The van der Waals surface area contributed by atoms with Gasteiger partial charge in [0.2, 0.25) is 5.91 Å². The number of nitrogens with zero attached hydrogens (tertiary/aromatic N) is 1. The highest BCUT2D eigenvalue weighted by molar-refractivity contribution is 5.95. The summed E-state index contributed by atoms with van der Waals surface area (Å²) in [5, 5.41) is 12.3. The van der Waals surface area contributed by atoms with Gasteiger partial charge in [-0.1, -0.05) is 6.92 Å². The Kier molecular flexibility index (Phi) is 4.93. The van der Waals surface area contributed by atoms with Crippen LogP contribution in [0.3, 0.4) is 0 Å². The Labute approximate surface area is 151 Å². The average molecular weight is 356 g/mol. The zero-order valence-electron chi connectivity index (χ0n) is 14.7. The molecule has 1 aliphatic rings. The third-order valence-electron chi connectivity index (χ3n) is 4.69. The summed E-state index contributed by atoms with van der Waals surface area (Å²) in [4.78, 5) is 25.1. The number of hydrogen-bond donors (Lipinski definition) is 2. The van der Waals surface area contributed by atoms with Crippen molar-refractivity contribution in [3.8, 4) is 0 Å². The van der Waals surface area contributed by atoms with Crippen LogP contribution < -0.4 is 10.2 Å². The lowest BCUT2D eigenvalue weighted by molar-refractivity contribution is -0.118.